The van der Waals surface area contributed by atoms with Crippen molar-refractivity contribution in [1.82, 2.24) is 10.3 Å². The molecule has 5 heteroatoms. The van der Waals surface area contributed by atoms with Crippen LogP contribution in [0.4, 0.5) is 0 Å². The average molecular weight is 251 g/mol. The van der Waals surface area contributed by atoms with E-state index in [1.807, 2.05) is 0 Å². The van der Waals surface area contributed by atoms with E-state index >= 15 is 0 Å². The molecule has 3 N–H and O–H groups in total. The van der Waals surface area contributed by atoms with Crippen LogP contribution in [0.25, 0.3) is 0 Å². The van der Waals surface area contributed by atoms with Gasteiger partial charge in [0.15, 0.2) is 0 Å². The summed E-state index contributed by atoms with van der Waals surface area (Å²) in [5.41, 5.74) is 2.68. The molecule has 0 bridgehead atoms. The summed E-state index contributed by atoms with van der Waals surface area (Å²) < 4.78 is 5.40. The van der Waals surface area contributed by atoms with Crippen LogP contribution in [-0.2, 0) is 6.54 Å². The number of nitrogens with two attached hydrogens (primary N) is 1. The quantitative estimate of drug-likeness (QED) is 0.456. The van der Waals surface area contributed by atoms with Gasteiger partial charge in [-0.3, -0.25) is 15.1 Å². The van der Waals surface area contributed by atoms with E-state index in [1.54, 1.807) is 6.07 Å². The highest BCUT2D eigenvalue weighted by Crippen LogP contribution is 2.27. The Kier molecular flexibility index (Phi) is 4.38. The van der Waals surface area contributed by atoms with Crippen molar-refractivity contribution in [2.45, 2.75) is 32.7 Å². The molecule has 1 aromatic heterocycles. The lowest BCUT2D eigenvalue weighted by Gasteiger charge is -2.31. The summed E-state index contributed by atoms with van der Waals surface area (Å²) in [5.74, 6) is 6.36. The Morgan fingerprint density at radius 3 is 2.94 bits per heavy atom. The summed E-state index contributed by atoms with van der Waals surface area (Å²) in [4.78, 5) is 13.9. The van der Waals surface area contributed by atoms with Crippen LogP contribution in [0, 0.1) is 5.92 Å². The van der Waals surface area contributed by atoms with E-state index in [1.165, 1.54) is 25.5 Å². The van der Waals surface area contributed by atoms with Crippen LogP contribution in [-0.4, -0.2) is 23.9 Å². The number of carbonyl (C=O) groups is 1. The largest absolute Gasteiger partial charge is 0.467 e. The fourth-order valence-electron chi connectivity index (χ4n) is 2.29. The van der Waals surface area contributed by atoms with Crippen LogP contribution in [0.2, 0.25) is 0 Å². The first-order valence-electron chi connectivity index (χ1n) is 6.54. The number of hydrogen-bond acceptors (Lipinski definition) is 4. The molecular formula is C13H21N3O2. The lowest BCUT2D eigenvalue weighted by atomic mass is 9.85. The number of nitrogens with zero attached hydrogens (tertiary/aromatic N) is 1. The summed E-state index contributed by atoms with van der Waals surface area (Å²) in [6.45, 7) is 4.84. The Hall–Kier alpha value is -1.33. The first kappa shape index (κ1) is 13.1. The molecule has 0 aliphatic heterocycles. The number of nitrogen functional groups attached to an aromatic ring is 1. The molecule has 1 amide bonds. The second-order valence-corrected chi connectivity index (χ2v) is 4.86. The minimum atomic E-state index is -0.293. The SMILES string of the molecule is CCN(Cc1occc1C(=O)NN)CC1CCC1. The zero-order chi connectivity index (χ0) is 13.0. The maximum Gasteiger partial charge on any atom is 0.268 e. The van der Waals surface area contributed by atoms with Crippen LogP contribution in [0.15, 0.2) is 16.7 Å². The minimum absolute atomic E-state index is 0.293. The molecule has 1 aromatic rings. The topological polar surface area (TPSA) is 71.5 Å². The molecule has 1 heterocycles. The number of hydrogen-bond donors (Lipinski definition) is 2. The summed E-state index contributed by atoms with van der Waals surface area (Å²) in [7, 11) is 0. The van der Waals surface area contributed by atoms with E-state index in [0.717, 1.165) is 19.0 Å². The van der Waals surface area contributed by atoms with Gasteiger partial charge in [-0.05, 0) is 31.4 Å². The molecule has 100 valence electrons. The fourth-order valence-corrected chi connectivity index (χ4v) is 2.29. The highest BCUT2D eigenvalue weighted by Gasteiger charge is 2.22. The predicted molar refractivity (Wildman–Crippen MR) is 68.7 cm³/mol. The van der Waals surface area contributed by atoms with E-state index < -0.39 is 0 Å². The molecule has 0 radical (unpaired) electrons. The molecule has 18 heavy (non-hydrogen) atoms. The van der Waals surface area contributed by atoms with Crippen molar-refractivity contribution >= 4 is 5.91 Å². The first-order valence-corrected chi connectivity index (χ1v) is 6.54. The van der Waals surface area contributed by atoms with Gasteiger partial charge in [0, 0.05) is 6.54 Å². The molecule has 2 rings (SSSR count). The van der Waals surface area contributed by atoms with E-state index in [-0.39, 0.29) is 5.91 Å². The minimum Gasteiger partial charge on any atom is -0.467 e. The highest BCUT2D eigenvalue weighted by molar-refractivity contribution is 5.94. The monoisotopic (exact) mass is 251 g/mol. The summed E-state index contributed by atoms with van der Waals surface area (Å²) in [6, 6.07) is 1.66. The molecule has 1 aliphatic carbocycles. The zero-order valence-electron chi connectivity index (χ0n) is 10.8. The van der Waals surface area contributed by atoms with Crippen molar-refractivity contribution in [3.63, 3.8) is 0 Å². The molecule has 0 aromatic carbocycles. The van der Waals surface area contributed by atoms with Crippen LogP contribution in [0.5, 0.6) is 0 Å². The van der Waals surface area contributed by atoms with Gasteiger partial charge in [0.25, 0.3) is 5.91 Å². The van der Waals surface area contributed by atoms with Crippen LogP contribution in [0.1, 0.15) is 42.3 Å². The molecule has 5 nitrogen and oxygen atoms in total. The van der Waals surface area contributed by atoms with Gasteiger partial charge < -0.3 is 4.42 Å². The number of amides is 1. The summed E-state index contributed by atoms with van der Waals surface area (Å²) >= 11 is 0. The Morgan fingerprint density at radius 2 is 2.39 bits per heavy atom. The number of furan rings is 1. The lowest BCUT2D eigenvalue weighted by molar-refractivity contribution is 0.0948. The van der Waals surface area contributed by atoms with Gasteiger partial charge in [0.1, 0.15) is 5.76 Å². The highest BCUT2D eigenvalue weighted by atomic mass is 16.3. The third-order valence-electron chi connectivity index (χ3n) is 3.68. The van der Waals surface area contributed by atoms with Gasteiger partial charge in [-0.15, -0.1) is 0 Å². The molecule has 1 fully saturated rings. The van der Waals surface area contributed by atoms with E-state index in [4.69, 9.17) is 10.3 Å². The Morgan fingerprint density at radius 1 is 1.61 bits per heavy atom. The zero-order valence-corrected chi connectivity index (χ0v) is 10.8. The van der Waals surface area contributed by atoms with Crippen molar-refractivity contribution in [3.05, 3.63) is 23.7 Å². The van der Waals surface area contributed by atoms with Crippen LogP contribution in [0.3, 0.4) is 0 Å². The maximum atomic E-state index is 11.5. The van der Waals surface area contributed by atoms with Gasteiger partial charge in [0.05, 0.1) is 18.4 Å². The lowest BCUT2D eigenvalue weighted by Crippen LogP contribution is -2.34. The predicted octanol–water partition coefficient (Wildman–Crippen LogP) is 1.51. The molecule has 1 aliphatic rings. The second-order valence-electron chi connectivity index (χ2n) is 4.86. The van der Waals surface area contributed by atoms with Gasteiger partial charge in [0.2, 0.25) is 0 Å². The normalized spacial score (nSPS) is 15.7. The van der Waals surface area contributed by atoms with Crippen molar-refractivity contribution in [3.8, 4) is 0 Å². The van der Waals surface area contributed by atoms with Gasteiger partial charge in [-0.2, -0.15) is 0 Å². The Labute approximate surface area is 107 Å². The first-order chi connectivity index (χ1) is 8.74. The van der Waals surface area contributed by atoms with Crippen molar-refractivity contribution in [2.75, 3.05) is 13.1 Å². The van der Waals surface area contributed by atoms with Gasteiger partial charge >= 0.3 is 0 Å². The van der Waals surface area contributed by atoms with Crippen molar-refractivity contribution < 1.29 is 9.21 Å². The fraction of sp³-hybridized carbons (Fsp3) is 0.615. The third-order valence-corrected chi connectivity index (χ3v) is 3.68. The van der Waals surface area contributed by atoms with Gasteiger partial charge in [-0.25, -0.2) is 5.84 Å². The molecule has 1 saturated carbocycles. The molecule has 0 saturated heterocycles. The van der Waals surface area contributed by atoms with Gasteiger partial charge in [-0.1, -0.05) is 13.3 Å². The van der Waals surface area contributed by atoms with E-state index in [9.17, 15) is 4.79 Å². The molecule has 0 atom stereocenters. The standard InChI is InChI=1S/C13H21N3O2/c1-2-16(8-10-4-3-5-10)9-12-11(6-7-18-12)13(17)15-14/h6-7,10H,2-5,8-9,14H2,1H3,(H,15,17). The number of hydrazine groups is 1. The number of rotatable bonds is 6. The average Bonchev–Trinajstić information content (AvgIpc) is 2.79. The maximum absolute atomic E-state index is 11.5. The van der Waals surface area contributed by atoms with Crippen LogP contribution < -0.4 is 11.3 Å². The number of carbonyl (C=O) groups excluding carboxylic acids is 1. The molecule has 0 spiro atoms. The number of nitrogens with one attached hydrogen (secondary N) is 1. The van der Waals surface area contributed by atoms with Crippen molar-refractivity contribution in [2.24, 2.45) is 11.8 Å². The smallest absolute Gasteiger partial charge is 0.268 e. The van der Waals surface area contributed by atoms with Crippen molar-refractivity contribution in [1.29, 1.82) is 0 Å². The second kappa shape index (κ2) is 6.02. The van der Waals surface area contributed by atoms with E-state index in [2.05, 4.69) is 17.2 Å². The molecular weight excluding hydrogens is 230 g/mol. The Balaban J connectivity index is 1.97. The van der Waals surface area contributed by atoms with E-state index in [0.29, 0.717) is 17.9 Å². The van der Waals surface area contributed by atoms with Crippen LogP contribution >= 0.6 is 0 Å². The summed E-state index contributed by atoms with van der Waals surface area (Å²) in [6.07, 6.45) is 5.54. The molecule has 0 unspecified atom stereocenters. The third kappa shape index (κ3) is 2.91. The Bertz CT molecular complexity index is 399. The summed E-state index contributed by atoms with van der Waals surface area (Å²) in [5, 5.41) is 0.